The summed E-state index contributed by atoms with van der Waals surface area (Å²) < 4.78 is 6.06. The number of benzene rings is 1. The summed E-state index contributed by atoms with van der Waals surface area (Å²) in [6.07, 6.45) is 4.24. The number of nitrogens with one attached hydrogen (secondary N) is 1. The molecule has 0 aliphatic carbocycles. The van der Waals surface area contributed by atoms with E-state index in [0.717, 1.165) is 32.0 Å². The van der Waals surface area contributed by atoms with Crippen molar-refractivity contribution in [3.8, 4) is 0 Å². The van der Waals surface area contributed by atoms with Gasteiger partial charge in [-0.15, -0.1) is 0 Å². The maximum atomic E-state index is 12.7. The first-order valence-corrected chi connectivity index (χ1v) is 10.2. The van der Waals surface area contributed by atoms with Crippen LogP contribution in [0.2, 0.25) is 0 Å². The molecule has 4 aliphatic rings. The van der Waals surface area contributed by atoms with Gasteiger partial charge in [-0.05, 0) is 30.4 Å². The van der Waals surface area contributed by atoms with E-state index in [4.69, 9.17) is 4.74 Å². The highest BCUT2D eigenvalue weighted by Gasteiger charge is 2.53. The number of amides is 1. The number of guanidine groups is 1. The second-order valence-electron chi connectivity index (χ2n) is 8.26. The summed E-state index contributed by atoms with van der Waals surface area (Å²) >= 11 is 0. The lowest BCUT2D eigenvalue weighted by atomic mass is 9.82. The van der Waals surface area contributed by atoms with Crippen LogP contribution < -0.4 is 5.32 Å². The Morgan fingerprint density at radius 2 is 1.85 bits per heavy atom. The average Bonchev–Trinajstić information content (AvgIpc) is 3.41. The average molecular weight is 368 g/mol. The first-order chi connectivity index (χ1) is 13.2. The van der Waals surface area contributed by atoms with Crippen LogP contribution in [-0.4, -0.2) is 67.1 Å². The van der Waals surface area contributed by atoms with E-state index in [1.54, 1.807) is 0 Å². The molecule has 0 aromatic heterocycles. The second-order valence-corrected chi connectivity index (χ2v) is 8.26. The maximum absolute atomic E-state index is 12.7. The molecule has 1 amide bonds. The van der Waals surface area contributed by atoms with Crippen LogP contribution in [0, 0.1) is 11.8 Å². The quantitative estimate of drug-likeness (QED) is 0.631. The Morgan fingerprint density at radius 3 is 2.56 bits per heavy atom. The van der Waals surface area contributed by atoms with Gasteiger partial charge in [0.2, 0.25) is 5.91 Å². The molecule has 3 fully saturated rings. The molecule has 4 atom stereocenters. The van der Waals surface area contributed by atoms with E-state index < -0.39 is 0 Å². The van der Waals surface area contributed by atoms with Crippen LogP contribution in [0.3, 0.4) is 0 Å². The summed E-state index contributed by atoms with van der Waals surface area (Å²) in [5.41, 5.74) is 2.63. The van der Waals surface area contributed by atoms with E-state index in [1.165, 1.54) is 24.0 Å². The lowest BCUT2D eigenvalue weighted by Crippen LogP contribution is -2.47. The molecule has 0 spiro atoms. The van der Waals surface area contributed by atoms with Crippen LogP contribution in [0.15, 0.2) is 29.3 Å². The van der Waals surface area contributed by atoms with E-state index >= 15 is 0 Å². The van der Waals surface area contributed by atoms with Gasteiger partial charge in [-0.3, -0.25) is 9.79 Å². The SMILES string of the molecule is CN=C(NCC(=O)N1CCc2ccccc2C1)N1CC2C3CCC(O3)C2C1. The largest absolute Gasteiger partial charge is 0.374 e. The van der Waals surface area contributed by atoms with Crippen molar-refractivity contribution in [3.63, 3.8) is 0 Å². The zero-order valence-corrected chi connectivity index (χ0v) is 15.9. The van der Waals surface area contributed by atoms with Crippen molar-refractivity contribution in [2.75, 3.05) is 33.2 Å². The lowest BCUT2D eigenvalue weighted by Gasteiger charge is -2.30. The Bertz CT molecular complexity index is 746. The van der Waals surface area contributed by atoms with Crippen molar-refractivity contribution < 1.29 is 9.53 Å². The van der Waals surface area contributed by atoms with Gasteiger partial charge in [-0.25, -0.2) is 0 Å². The molecule has 1 N–H and O–H groups in total. The number of carbonyl (C=O) groups is 1. The molecule has 0 radical (unpaired) electrons. The standard InChI is InChI=1S/C21H28N4O2/c1-22-21(25-12-16-17(13-25)19-7-6-18(16)27-19)23-10-20(26)24-9-8-14-4-2-3-5-15(14)11-24/h2-5,16-19H,6-13H2,1H3,(H,22,23). The molecule has 5 rings (SSSR count). The molecule has 2 bridgehead atoms. The first kappa shape index (κ1) is 17.0. The van der Waals surface area contributed by atoms with Crippen LogP contribution in [0.25, 0.3) is 0 Å². The number of aliphatic imine (C=N–C) groups is 1. The van der Waals surface area contributed by atoms with Gasteiger partial charge in [0.15, 0.2) is 5.96 Å². The van der Waals surface area contributed by atoms with Gasteiger partial charge in [0.05, 0.1) is 18.8 Å². The fourth-order valence-electron chi connectivity index (χ4n) is 5.44. The molecule has 6 nitrogen and oxygen atoms in total. The van der Waals surface area contributed by atoms with Gasteiger partial charge < -0.3 is 19.9 Å². The summed E-state index contributed by atoms with van der Waals surface area (Å²) in [5, 5.41) is 3.32. The summed E-state index contributed by atoms with van der Waals surface area (Å²) in [7, 11) is 1.81. The van der Waals surface area contributed by atoms with E-state index in [2.05, 4.69) is 33.4 Å². The third-order valence-corrected chi connectivity index (χ3v) is 6.85. The molecular weight excluding hydrogens is 340 g/mol. The summed E-state index contributed by atoms with van der Waals surface area (Å²) in [6.45, 7) is 3.81. The highest BCUT2D eigenvalue weighted by molar-refractivity contribution is 5.86. The second kappa shape index (κ2) is 6.82. The Morgan fingerprint density at radius 1 is 1.15 bits per heavy atom. The Labute approximate surface area is 160 Å². The van der Waals surface area contributed by atoms with Crippen LogP contribution in [0.5, 0.6) is 0 Å². The molecule has 27 heavy (non-hydrogen) atoms. The molecule has 3 saturated heterocycles. The number of nitrogens with zero attached hydrogens (tertiary/aromatic N) is 3. The first-order valence-electron chi connectivity index (χ1n) is 10.2. The predicted octanol–water partition coefficient (Wildman–Crippen LogP) is 1.26. The van der Waals surface area contributed by atoms with Crippen molar-refractivity contribution >= 4 is 11.9 Å². The Kier molecular flexibility index (Phi) is 4.31. The molecule has 1 aromatic rings. The monoisotopic (exact) mass is 368 g/mol. The van der Waals surface area contributed by atoms with E-state index in [9.17, 15) is 4.79 Å². The number of carbonyl (C=O) groups excluding carboxylic acids is 1. The number of rotatable bonds is 2. The van der Waals surface area contributed by atoms with Crippen LogP contribution >= 0.6 is 0 Å². The summed E-state index contributed by atoms with van der Waals surface area (Å²) in [5.74, 6) is 2.27. The van der Waals surface area contributed by atoms with Crippen molar-refractivity contribution in [2.45, 2.75) is 38.0 Å². The van der Waals surface area contributed by atoms with Crippen molar-refractivity contribution in [2.24, 2.45) is 16.8 Å². The van der Waals surface area contributed by atoms with Gasteiger partial charge >= 0.3 is 0 Å². The normalized spacial score (nSPS) is 31.8. The molecule has 6 heteroatoms. The number of likely N-dealkylation sites (tertiary alicyclic amines) is 1. The molecule has 1 aromatic carbocycles. The minimum absolute atomic E-state index is 0.147. The number of hydrogen-bond donors (Lipinski definition) is 1. The lowest BCUT2D eigenvalue weighted by molar-refractivity contribution is -0.130. The number of hydrogen-bond acceptors (Lipinski definition) is 3. The molecule has 144 valence electrons. The summed E-state index contributed by atoms with van der Waals surface area (Å²) in [6, 6.07) is 8.41. The van der Waals surface area contributed by atoms with Gasteiger partial charge in [-0.2, -0.15) is 0 Å². The topological polar surface area (TPSA) is 57.2 Å². The zero-order chi connectivity index (χ0) is 18.4. The van der Waals surface area contributed by atoms with Crippen molar-refractivity contribution in [1.82, 2.24) is 15.1 Å². The van der Waals surface area contributed by atoms with Gasteiger partial charge in [0.1, 0.15) is 0 Å². The molecule has 4 heterocycles. The van der Waals surface area contributed by atoms with E-state index in [0.29, 0.717) is 37.1 Å². The Hall–Kier alpha value is -2.08. The highest BCUT2D eigenvalue weighted by Crippen LogP contribution is 2.47. The van der Waals surface area contributed by atoms with Crippen LogP contribution in [0.4, 0.5) is 0 Å². The Balaban J connectivity index is 1.17. The van der Waals surface area contributed by atoms with Gasteiger partial charge in [0.25, 0.3) is 0 Å². The number of ether oxygens (including phenoxy) is 1. The van der Waals surface area contributed by atoms with Crippen LogP contribution in [-0.2, 0) is 22.5 Å². The summed E-state index contributed by atoms with van der Waals surface area (Å²) in [4.78, 5) is 21.4. The number of fused-ring (bicyclic) bond motifs is 6. The fraction of sp³-hybridized carbons (Fsp3) is 0.619. The van der Waals surface area contributed by atoms with Crippen molar-refractivity contribution in [1.29, 1.82) is 0 Å². The maximum Gasteiger partial charge on any atom is 0.242 e. The van der Waals surface area contributed by atoms with E-state index in [-0.39, 0.29) is 5.91 Å². The fourth-order valence-corrected chi connectivity index (χ4v) is 5.44. The minimum atomic E-state index is 0.147. The minimum Gasteiger partial charge on any atom is -0.374 e. The van der Waals surface area contributed by atoms with Crippen LogP contribution in [0.1, 0.15) is 24.0 Å². The zero-order valence-electron chi connectivity index (χ0n) is 15.9. The van der Waals surface area contributed by atoms with E-state index in [1.807, 2.05) is 18.0 Å². The van der Waals surface area contributed by atoms with Gasteiger partial charge in [0, 0.05) is 45.1 Å². The van der Waals surface area contributed by atoms with Crippen molar-refractivity contribution in [3.05, 3.63) is 35.4 Å². The molecule has 0 saturated carbocycles. The molecular formula is C21H28N4O2. The molecule has 4 unspecified atom stereocenters. The highest BCUT2D eigenvalue weighted by atomic mass is 16.5. The third kappa shape index (κ3) is 3.00. The van der Waals surface area contributed by atoms with Gasteiger partial charge in [-0.1, -0.05) is 24.3 Å². The predicted molar refractivity (Wildman–Crippen MR) is 103 cm³/mol. The third-order valence-electron chi connectivity index (χ3n) is 6.85. The molecule has 4 aliphatic heterocycles. The smallest absolute Gasteiger partial charge is 0.242 e.